The van der Waals surface area contributed by atoms with E-state index in [1.807, 2.05) is 53.7 Å². The van der Waals surface area contributed by atoms with Crippen LogP contribution in [0.2, 0.25) is 0 Å². The second kappa shape index (κ2) is 14.9. The van der Waals surface area contributed by atoms with E-state index in [9.17, 15) is 8.42 Å². The summed E-state index contributed by atoms with van der Waals surface area (Å²) in [5, 5.41) is 0. The lowest BCUT2D eigenvalue weighted by atomic mass is 9.79. The Morgan fingerprint density at radius 2 is 1.52 bits per heavy atom. The maximum absolute atomic E-state index is 14.0. The van der Waals surface area contributed by atoms with Crippen molar-refractivity contribution in [3.63, 3.8) is 0 Å². The third-order valence-electron chi connectivity index (χ3n) is 9.18. The minimum atomic E-state index is -3.67. The Morgan fingerprint density at radius 3 is 2.12 bits per heavy atom. The average Bonchev–Trinajstić information content (AvgIpc) is 3.14. The third-order valence-corrected chi connectivity index (χ3v) is 11.7. The van der Waals surface area contributed by atoms with Crippen LogP contribution < -0.4 is 5.46 Å². The maximum Gasteiger partial charge on any atom is 0.494 e. The van der Waals surface area contributed by atoms with Crippen molar-refractivity contribution in [1.82, 2.24) is 0 Å². The first-order chi connectivity index (χ1) is 19.6. The lowest BCUT2D eigenvalue weighted by Crippen LogP contribution is -2.45. The molecule has 0 N–H and O–H groups in total. The highest BCUT2D eigenvalue weighted by molar-refractivity contribution is 7.92. The number of ether oxygens (including phenoxy) is 3. The van der Waals surface area contributed by atoms with Crippen molar-refractivity contribution in [3.8, 4) is 0 Å². The molecule has 1 aromatic rings. The Hall–Kier alpha value is -0.965. The molecule has 0 amide bonds. The Labute approximate surface area is 256 Å². The van der Waals surface area contributed by atoms with Crippen LogP contribution in [0.3, 0.4) is 0 Å². The molecule has 240 valence electrons. The van der Waals surface area contributed by atoms with Crippen LogP contribution in [0.4, 0.5) is 0 Å². The number of unbranched alkanes of at least 4 members (excludes halogenated alkanes) is 4. The van der Waals surface area contributed by atoms with E-state index in [1.54, 1.807) is 12.1 Å². The zero-order valence-electron chi connectivity index (χ0n) is 27.6. The van der Waals surface area contributed by atoms with Crippen LogP contribution >= 0.6 is 0 Å². The lowest BCUT2D eigenvalue weighted by molar-refractivity contribution is -0.225. The largest absolute Gasteiger partial charge is 0.494 e. The number of sulfone groups is 1. The summed E-state index contributed by atoms with van der Waals surface area (Å²) in [7, 11) is -4.20. The predicted molar refractivity (Wildman–Crippen MR) is 170 cm³/mol. The average molecular weight is 609 g/mol. The number of hydrogen-bond acceptors (Lipinski definition) is 7. The van der Waals surface area contributed by atoms with E-state index in [1.165, 1.54) is 0 Å². The fourth-order valence-corrected chi connectivity index (χ4v) is 7.44. The number of hydrogen-bond donors (Lipinski definition) is 0. The van der Waals surface area contributed by atoms with Crippen molar-refractivity contribution in [1.29, 1.82) is 0 Å². The smallest absolute Gasteiger partial charge is 0.399 e. The van der Waals surface area contributed by atoms with Crippen molar-refractivity contribution in [2.24, 2.45) is 0 Å². The van der Waals surface area contributed by atoms with Gasteiger partial charge in [0.25, 0.3) is 0 Å². The van der Waals surface area contributed by atoms with E-state index >= 15 is 0 Å². The normalized spacial score (nSPS) is 22.3. The Bertz CT molecular complexity index is 1050. The van der Waals surface area contributed by atoms with Crippen LogP contribution in [0.5, 0.6) is 0 Å². The van der Waals surface area contributed by atoms with E-state index < -0.39 is 38.5 Å². The van der Waals surface area contributed by atoms with Gasteiger partial charge >= 0.3 is 7.12 Å². The summed E-state index contributed by atoms with van der Waals surface area (Å²) in [4.78, 5) is 0.298. The minimum absolute atomic E-state index is 0.284. The van der Waals surface area contributed by atoms with Crippen molar-refractivity contribution in [2.45, 2.75) is 159 Å². The van der Waals surface area contributed by atoms with Crippen LogP contribution in [0.1, 0.15) is 126 Å². The van der Waals surface area contributed by atoms with E-state index in [2.05, 4.69) is 13.8 Å². The van der Waals surface area contributed by atoms with Crippen molar-refractivity contribution < 1.29 is 31.9 Å². The zero-order chi connectivity index (χ0) is 31.1. The lowest BCUT2D eigenvalue weighted by Gasteiger charge is -2.40. The van der Waals surface area contributed by atoms with Crippen molar-refractivity contribution >= 4 is 22.4 Å². The second-order valence-corrected chi connectivity index (χ2v) is 16.7. The molecule has 1 aromatic carbocycles. The van der Waals surface area contributed by atoms with Crippen LogP contribution in [0.15, 0.2) is 29.2 Å². The van der Waals surface area contributed by atoms with Gasteiger partial charge in [-0.2, -0.15) is 0 Å². The van der Waals surface area contributed by atoms with E-state index in [0.29, 0.717) is 17.9 Å². The SMILES string of the molecule is CCCCOCCCCCCC(C)(CC(C)(C)S(=O)(=O)c1ccc(B2OC(C)(C)C(C)(C)O2)cc1)OC1CCCCO1. The van der Waals surface area contributed by atoms with Gasteiger partial charge in [0.05, 0.1) is 26.4 Å². The van der Waals surface area contributed by atoms with Gasteiger partial charge in [-0.25, -0.2) is 8.42 Å². The molecule has 0 bridgehead atoms. The standard InChI is InChI=1S/C33H57BO7S/c1-9-10-23-37-24-15-12-11-14-22-33(8,39-29-17-13-16-25-38-29)26-30(2,3)42(35,36)28-20-18-27(19-21-28)34-40-31(4,5)32(6,7)41-34/h18-21,29H,9-17,22-26H2,1-8H3. The highest BCUT2D eigenvalue weighted by Gasteiger charge is 2.52. The predicted octanol–water partition coefficient (Wildman–Crippen LogP) is 7.00. The molecule has 3 rings (SSSR count). The third kappa shape index (κ3) is 9.27. The van der Waals surface area contributed by atoms with Gasteiger partial charge in [-0.3, -0.25) is 0 Å². The summed E-state index contributed by atoms with van der Waals surface area (Å²) in [6.45, 7) is 18.3. The van der Waals surface area contributed by atoms with Gasteiger partial charge < -0.3 is 23.5 Å². The monoisotopic (exact) mass is 608 g/mol. The molecular weight excluding hydrogens is 551 g/mol. The molecule has 2 unspecified atom stereocenters. The van der Waals surface area contributed by atoms with Gasteiger partial charge in [0.2, 0.25) is 0 Å². The van der Waals surface area contributed by atoms with E-state index in [0.717, 1.165) is 82.9 Å². The molecule has 0 radical (unpaired) electrons. The summed E-state index contributed by atoms with van der Waals surface area (Å²) in [6.07, 6.45) is 10.3. The van der Waals surface area contributed by atoms with Crippen LogP contribution in [-0.2, 0) is 33.4 Å². The van der Waals surface area contributed by atoms with E-state index in [-0.39, 0.29) is 6.29 Å². The molecule has 2 aliphatic rings. The maximum atomic E-state index is 14.0. The molecule has 9 heteroatoms. The Balaban J connectivity index is 1.66. The summed E-state index contributed by atoms with van der Waals surface area (Å²) < 4.78 is 57.5. The van der Waals surface area contributed by atoms with Crippen molar-refractivity contribution in [2.75, 3.05) is 19.8 Å². The van der Waals surface area contributed by atoms with Gasteiger partial charge in [0.15, 0.2) is 16.1 Å². The Morgan fingerprint density at radius 1 is 0.905 bits per heavy atom. The minimum Gasteiger partial charge on any atom is -0.399 e. The summed E-state index contributed by atoms with van der Waals surface area (Å²) in [6, 6.07) is 6.98. The first-order valence-corrected chi connectivity index (χ1v) is 17.7. The highest BCUT2D eigenvalue weighted by Crippen LogP contribution is 2.39. The van der Waals surface area contributed by atoms with Crippen molar-refractivity contribution in [3.05, 3.63) is 24.3 Å². The zero-order valence-corrected chi connectivity index (χ0v) is 28.4. The summed E-state index contributed by atoms with van der Waals surface area (Å²) in [5.74, 6) is 0. The first kappa shape index (κ1) is 35.5. The van der Waals surface area contributed by atoms with Crippen LogP contribution in [0.25, 0.3) is 0 Å². The molecule has 0 aliphatic carbocycles. The number of rotatable bonds is 17. The summed E-state index contributed by atoms with van der Waals surface area (Å²) in [5.41, 5.74) is -0.735. The van der Waals surface area contributed by atoms with Crippen LogP contribution in [0, 0.1) is 0 Å². The molecule has 2 saturated heterocycles. The van der Waals surface area contributed by atoms with Gasteiger partial charge in [-0.15, -0.1) is 0 Å². The molecule has 0 spiro atoms. The Kier molecular flexibility index (Phi) is 12.6. The van der Waals surface area contributed by atoms with Gasteiger partial charge in [0.1, 0.15) is 0 Å². The van der Waals surface area contributed by atoms with Gasteiger partial charge in [-0.1, -0.05) is 44.7 Å². The van der Waals surface area contributed by atoms with Gasteiger partial charge in [-0.05, 0) is 111 Å². The quantitative estimate of drug-likeness (QED) is 0.139. The molecule has 2 heterocycles. The number of benzene rings is 1. The molecule has 7 nitrogen and oxygen atoms in total. The highest BCUT2D eigenvalue weighted by atomic mass is 32.2. The molecule has 2 aliphatic heterocycles. The van der Waals surface area contributed by atoms with Gasteiger partial charge in [0, 0.05) is 19.8 Å². The molecule has 2 atom stereocenters. The molecule has 0 aromatic heterocycles. The topological polar surface area (TPSA) is 80.3 Å². The molecule has 0 saturated carbocycles. The van der Waals surface area contributed by atoms with Crippen LogP contribution in [-0.4, -0.2) is 63.2 Å². The molecule has 2 fully saturated rings. The second-order valence-electron chi connectivity index (χ2n) is 14.1. The fraction of sp³-hybridized carbons (Fsp3) is 0.818. The fourth-order valence-electron chi connectivity index (χ4n) is 5.81. The first-order valence-electron chi connectivity index (χ1n) is 16.2. The molecule has 42 heavy (non-hydrogen) atoms. The summed E-state index contributed by atoms with van der Waals surface area (Å²) >= 11 is 0. The van der Waals surface area contributed by atoms with E-state index in [4.69, 9.17) is 23.5 Å². The molecular formula is C33H57BO7S.